The van der Waals surface area contributed by atoms with Crippen LogP contribution in [0.4, 0.5) is 0 Å². The van der Waals surface area contributed by atoms with Crippen LogP contribution in [0.25, 0.3) is 22.5 Å². The molecule has 0 saturated heterocycles. The molecular formula is C14H14N4O. The standard InChI is InChI=1S/C14H14N4O/c1-9(8-15)13-17-14(19-18-13)12-7-6-10-4-2-3-5-11(10)16-12/h2-7,9H,8,15H2,1H3. The van der Waals surface area contributed by atoms with Crippen molar-refractivity contribution in [2.45, 2.75) is 12.8 Å². The van der Waals surface area contributed by atoms with Crippen molar-refractivity contribution in [1.82, 2.24) is 15.1 Å². The number of para-hydroxylation sites is 1. The number of rotatable bonds is 3. The number of benzene rings is 1. The Labute approximate surface area is 110 Å². The zero-order valence-corrected chi connectivity index (χ0v) is 10.6. The molecule has 3 aromatic rings. The summed E-state index contributed by atoms with van der Waals surface area (Å²) in [6.45, 7) is 2.45. The summed E-state index contributed by atoms with van der Waals surface area (Å²) in [5.41, 5.74) is 7.18. The number of aromatic nitrogens is 3. The van der Waals surface area contributed by atoms with Crippen molar-refractivity contribution in [3.8, 4) is 11.6 Å². The van der Waals surface area contributed by atoms with Gasteiger partial charge in [0.1, 0.15) is 5.69 Å². The lowest BCUT2D eigenvalue weighted by molar-refractivity contribution is 0.417. The second kappa shape index (κ2) is 4.78. The highest BCUT2D eigenvalue weighted by Crippen LogP contribution is 2.21. The van der Waals surface area contributed by atoms with Crippen LogP contribution in [0.2, 0.25) is 0 Å². The fourth-order valence-corrected chi connectivity index (χ4v) is 1.83. The van der Waals surface area contributed by atoms with Gasteiger partial charge >= 0.3 is 0 Å². The Bertz CT molecular complexity index is 707. The van der Waals surface area contributed by atoms with E-state index in [1.165, 1.54) is 0 Å². The van der Waals surface area contributed by atoms with E-state index >= 15 is 0 Å². The molecule has 0 aliphatic heterocycles. The molecule has 1 unspecified atom stereocenters. The van der Waals surface area contributed by atoms with E-state index in [9.17, 15) is 0 Å². The minimum atomic E-state index is 0.0814. The van der Waals surface area contributed by atoms with Gasteiger partial charge in [0.15, 0.2) is 5.82 Å². The summed E-state index contributed by atoms with van der Waals surface area (Å²) in [6.07, 6.45) is 0. The van der Waals surface area contributed by atoms with Crippen molar-refractivity contribution in [1.29, 1.82) is 0 Å². The van der Waals surface area contributed by atoms with Crippen molar-refractivity contribution in [3.63, 3.8) is 0 Å². The highest BCUT2D eigenvalue weighted by molar-refractivity contribution is 5.80. The van der Waals surface area contributed by atoms with Gasteiger partial charge in [0.2, 0.25) is 0 Å². The molecule has 2 aromatic heterocycles. The fourth-order valence-electron chi connectivity index (χ4n) is 1.83. The normalized spacial score (nSPS) is 12.7. The van der Waals surface area contributed by atoms with Crippen LogP contribution in [0.5, 0.6) is 0 Å². The molecule has 5 nitrogen and oxygen atoms in total. The predicted molar refractivity (Wildman–Crippen MR) is 72.5 cm³/mol. The number of hydrogen-bond donors (Lipinski definition) is 1. The van der Waals surface area contributed by atoms with Gasteiger partial charge in [0.05, 0.1) is 5.52 Å². The molecule has 0 bridgehead atoms. The predicted octanol–water partition coefficient (Wildman–Crippen LogP) is 2.35. The largest absolute Gasteiger partial charge is 0.332 e. The minimum absolute atomic E-state index is 0.0814. The van der Waals surface area contributed by atoms with Gasteiger partial charge in [-0.1, -0.05) is 36.3 Å². The van der Waals surface area contributed by atoms with Gasteiger partial charge in [0.25, 0.3) is 5.89 Å². The van der Waals surface area contributed by atoms with E-state index in [4.69, 9.17) is 10.3 Å². The van der Waals surface area contributed by atoms with E-state index < -0.39 is 0 Å². The molecule has 19 heavy (non-hydrogen) atoms. The van der Waals surface area contributed by atoms with Gasteiger partial charge in [-0.3, -0.25) is 0 Å². The summed E-state index contributed by atoms with van der Waals surface area (Å²) < 4.78 is 5.24. The van der Waals surface area contributed by atoms with E-state index in [1.54, 1.807) is 0 Å². The van der Waals surface area contributed by atoms with Crippen LogP contribution >= 0.6 is 0 Å². The second-order valence-corrected chi connectivity index (χ2v) is 4.48. The van der Waals surface area contributed by atoms with Gasteiger partial charge in [0, 0.05) is 17.8 Å². The number of nitrogens with two attached hydrogens (primary N) is 1. The lowest BCUT2D eigenvalue weighted by atomic mass is 10.2. The third-order valence-electron chi connectivity index (χ3n) is 3.05. The van der Waals surface area contributed by atoms with E-state index in [2.05, 4.69) is 15.1 Å². The number of fused-ring (bicyclic) bond motifs is 1. The molecule has 2 heterocycles. The van der Waals surface area contributed by atoms with E-state index in [0.717, 1.165) is 10.9 Å². The first-order valence-electron chi connectivity index (χ1n) is 6.18. The molecule has 0 aliphatic rings. The maximum atomic E-state index is 5.59. The number of nitrogens with zero attached hydrogens (tertiary/aromatic N) is 3. The van der Waals surface area contributed by atoms with Crippen LogP contribution in [0.3, 0.4) is 0 Å². The van der Waals surface area contributed by atoms with Crippen LogP contribution < -0.4 is 5.73 Å². The van der Waals surface area contributed by atoms with Crippen LogP contribution in [0.1, 0.15) is 18.7 Å². The summed E-state index contributed by atoms with van der Waals surface area (Å²) in [4.78, 5) is 8.85. The molecule has 0 amide bonds. The lowest BCUT2D eigenvalue weighted by Crippen LogP contribution is -2.10. The van der Waals surface area contributed by atoms with E-state index in [0.29, 0.717) is 24.0 Å². The zero-order valence-electron chi connectivity index (χ0n) is 10.6. The lowest BCUT2D eigenvalue weighted by Gasteiger charge is -1.99. The summed E-state index contributed by atoms with van der Waals surface area (Å²) in [5, 5.41) is 5.02. The molecule has 0 radical (unpaired) electrons. The zero-order chi connectivity index (χ0) is 13.2. The Kier molecular flexibility index (Phi) is 2.97. The summed E-state index contributed by atoms with van der Waals surface area (Å²) in [6, 6.07) is 11.8. The Morgan fingerprint density at radius 1 is 1.16 bits per heavy atom. The van der Waals surface area contributed by atoms with Crippen molar-refractivity contribution in [2.75, 3.05) is 6.54 Å². The van der Waals surface area contributed by atoms with Crippen molar-refractivity contribution < 1.29 is 4.52 Å². The second-order valence-electron chi connectivity index (χ2n) is 4.48. The molecular weight excluding hydrogens is 240 g/mol. The monoisotopic (exact) mass is 254 g/mol. The first kappa shape index (κ1) is 11.8. The van der Waals surface area contributed by atoms with Crippen LogP contribution in [-0.4, -0.2) is 21.7 Å². The molecule has 3 rings (SSSR count). The smallest absolute Gasteiger partial charge is 0.276 e. The highest BCUT2D eigenvalue weighted by Gasteiger charge is 2.14. The maximum absolute atomic E-state index is 5.59. The minimum Gasteiger partial charge on any atom is -0.332 e. The summed E-state index contributed by atoms with van der Waals surface area (Å²) in [5.74, 6) is 1.13. The first-order chi connectivity index (χ1) is 9.28. The molecule has 1 aromatic carbocycles. The van der Waals surface area contributed by atoms with Gasteiger partial charge in [-0.05, 0) is 12.1 Å². The van der Waals surface area contributed by atoms with Crippen LogP contribution in [0, 0.1) is 0 Å². The Balaban J connectivity index is 2.01. The summed E-state index contributed by atoms with van der Waals surface area (Å²) >= 11 is 0. The topological polar surface area (TPSA) is 77.8 Å². The highest BCUT2D eigenvalue weighted by atomic mass is 16.5. The SMILES string of the molecule is CC(CN)c1noc(-c2ccc3ccccc3n2)n1. The molecule has 0 fully saturated rings. The first-order valence-corrected chi connectivity index (χ1v) is 6.18. The Hall–Kier alpha value is -2.27. The molecule has 0 saturated carbocycles. The average Bonchev–Trinajstić information content (AvgIpc) is 2.95. The average molecular weight is 254 g/mol. The van der Waals surface area contributed by atoms with E-state index in [1.807, 2.05) is 43.3 Å². The van der Waals surface area contributed by atoms with Gasteiger partial charge in [-0.15, -0.1) is 0 Å². The maximum Gasteiger partial charge on any atom is 0.276 e. The van der Waals surface area contributed by atoms with Crippen molar-refractivity contribution in [2.24, 2.45) is 5.73 Å². The summed E-state index contributed by atoms with van der Waals surface area (Å²) in [7, 11) is 0. The molecule has 0 aliphatic carbocycles. The quantitative estimate of drug-likeness (QED) is 0.776. The Morgan fingerprint density at radius 3 is 2.84 bits per heavy atom. The van der Waals surface area contributed by atoms with Gasteiger partial charge in [-0.25, -0.2) is 4.98 Å². The van der Waals surface area contributed by atoms with Gasteiger partial charge < -0.3 is 10.3 Å². The van der Waals surface area contributed by atoms with E-state index in [-0.39, 0.29) is 5.92 Å². The van der Waals surface area contributed by atoms with Crippen molar-refractivity contribution >= 4 is 10.9 Å². The number of hydrogen-bond acceptors (Lipinski definition) is 5. The van der Waals surface area contributed by atoms with Crippen LogP contribution in [0.15, 0.2) is 40.9 Å². The fraction of sp³-hybridized carbons (Fsp3) is 0.214. The molecule has 96 valence electrons. The number of pyridine rings is 1. The third kappa shape index (κ3) is 2.20. The van der Waals surface area contributed by atoms with Crippen molar-refractivity contribution in [3.05, 3.63) is 42.2 Å². The molecule has 0 spiro atoms. The van der Waals surface area contributed by atoms with Gasteiger partial charge in [-0.2, -0.15) is 4.98 Å². The Morgan fingerprint density at radius 2 is 2.00 bits per heavy atom. The molecule has 1 atom stereocenters. The molecule has 2 N–H and O–H groups in total. The molecule has 5 heteroatoms. The third-order valence-corrected chi connectivity index (χ3v) is 3.05. The van der Waals surface area contributed by atoms with Crippen LogP contribution in [-0.2, 0) is 0 Å².